The zero-order valence-electron chi connectivity index (χ0n) is 19.5. The summed E-state index contributed by atoms with van der Waals surface area (Å²) in [6.07, 6.45) is 9.61. The molecule has 3 aromatic heterocycles. The van der Waals surface area contributed by atoms with E-state index in [0.29, 0.717) is 0 Å². The molecule has 0 aliphatic carbocycles. The molecule has 6 rings (SSSR count). The molecule has 8 heteroatoms. The molecule has 1 aliphatic heterocycles. The highest BCUT2D eigenvalue weighted by Crippen LogP contribution is 2.31. The summed E-state index contributed by atoms with van der Waals surface area (Å²) >= 11 is 0. The maximum atomic E-state index is 6.23. The molecule has 0 amide bonds. The molecule has 1 N–H and O–H groups in total. The predicted octanol–water partition coefficient (Wildman–Crippen LogP) is 5.22. The Morgan fingerprint density at radius 2 is 1.82 bits per heavy atom. The quantitative estimate of drug-likeness (QED) is 0.393. The molecule has 0 saturated carbocycles. The van der Waals surface area contributed by atoms with E-state index < -0.39 is 0 Å². The number of ether oxygens (including phenoxy) is 1. The SMILES string of the molecule is Cc1nc2ccc(Oc3ccc4ncc(-c5cnn(CN6CCCCC6)c5)nc4c3C)cc2[nH]1. The van der Waals surface area contributed by atoms with E-state index in [1.807, 2.05) is 61.3 Å². The molecule has 2 aromatic carbocycles. The number of nitrogens with zero attached hydrogens (tertiary/aromatic N) is 6. The van der Waals surface area contributed by atoms with Crippen molar-refractivity contribution < 1.29 is 4.74 Å². The van der Waals surface area contributed by atoms with Gasteiger partial charge in [-0.05, 0) is 64.0 Å². The van der Waals surface area contributed by atoms with Crippen molar-refractivity contribution in [2.75, 3.05) is 13.1 Å². The van der Waals surface area contributed by atoms with Gasteiger partial charge in [0.25, 0.3) is 0 Å². The van der Waals surface area contributed by atoms with Crippen molar-refractivity contribution >= 4 is 22.1 Å². The summed E-state index contributed by atoms with van der Waals surface area (Å²) in [6.45, 7) is 7.06. The average Bonchev–Trinajstić information content (AvgIpc) is 3.47. The minimum Gasteiger partial charge on any atom is -0.457 e. The van der Waals surface area contributed by atoms with Crippen molar-refractivity contribution in [1.82, 2.24) is 34.6 Å². The number of aryl methyl sites for hydroxylation is 2. The van der Waals surface area contributed by atoms with Crippen LogP contribution in [0.5, 0.6) is 11.5 Å². The zero-order chi connectivity index (χ0) is 23.1. The number of nitrogens with one attached hydrogen (secondary N) is 1. The number of hydrogen-bond donors (Lipinski definition) is 1. The van der Waals surface area contributed by atoms with Crippen LogP contribution in [0.25, 0.3) is 33.3 Å². The summed E-state index contributed by atoms with van der Waals surface area (Å²) in [5, 5.41) is 4.56. The lowest BCUT2D eigenvalue weighted by Crippen LogP contribution is -2.31. The van der Waals surface area contributed by atoms with Gasteiger partial charge in [0.15, 0.2) is 0 Å². The molecule has 34 heavy (non-hydrogen) atoms. The minimum atomic E-state index is 0.752. The number of piperidine rings is 1. The van der Waals surface area contributed by atoms with Gasteiger partial charge < -0.3 is 9.72 Å². The molecular weight excluding hydrogens is 426 g/mol. The Labute approximate surface area is 197 Å². The molecule has 8 nitrogen and oxygen atoms in total. The number of H-pyrrole nitrogens is 1. The molecule has 0 spiro atoms. The first-order valence-electron chi connectivity index (χ1n) is 11.8. The third kappa shape index (κ3) is 4.01. The Morgan fingerprint density at radius 3 is 2.71 bits per heavy atom. The second-order valence-corrected chi connectivity index (χ2v) is 9.00. The van der Waals surface area contributed by atoms with Crippen LogP contribution in [0.3, 0.4) is 0 Å². The van der Waals surface area contributed by atoms with E-state index in [9.17, 15) is 0 Å². The molecule has 0 atom stereocenters. The van der Waals surface area contributed by atoms with Gasteiger partial charge in [0.05, 0.1) is 46.8 Å². The monoisotopic (exact) mass is 453 g/mol. The fourth-order valence-electron chi connectivity index (χ4n) is 4.63. The summed E-state index contributed by atoms with van der Waals surface area (Å²) in [7, 11) is 0. The lowest BCUT2D eigenvalue weighted by molar-refractivity contribution is 0.173. The van der Waals surface area contributed by atoms with Gasteiger partial charge >= 0.3 is 0 Å². The van der Waals surface area contributed by atoms with E-state index in [-0.39, 0.29) is 0 Å². The first-order chi connectivity index (χ1) is 16.6. The van der Waals surface area contributed by atoms with Crippen molar-refractivity contribution in [3.8, 4) is 22.8 Å². The van der Waals surface area contributed by atoms with E-state index in [4.69, 9.17) is 9.72 Å². The molecule has 1 aliphatic rings. The van der Waals surface area contributed by atoms with Gasteiger partial charge in [-0.1, -0.05) is 6.42 Å². The smallest absolute Gasteiger partial charge is 0.132 e. The van der Waals surface area contributed by atoms with Crippen LogP contribution in [-0.4, -0.2) is 47.7 Å². The van der Waals surface area contributed by atoms with Crippen molar-refractivity contribution in [3.63, 3.8) is 0 Å². The zero-order valence-corrected chi connectivity index (χ0v) is 19.5. The maximum Gasteiger partial charge on any atom is 0.132 e. The highest BCUT2D eigenvalue weighted by molar-refractivity contribution is 5.82. The summed E-state index contributed by atoms with van der Waals surface area (Å²) < 4.78 is 8.22. The number of aromatic nitrogens is 6. The molecule has 0 bridgehead atoms. The Kier molecular flexibility index (Phi) is 5.22. The number of fused-ring (bicyclic) bond motifs is 2. The first kappa shape index (κ1) is 20.8. The van der Waals surface area contributed by atoms with Crippen LogP contribution in [0.15, 0.2) is 48.9 Å². The summed E-state index contributed by atoms with van der Waals surface area (Å²) in [4.78, 5) is 19.7. The van der Waals surface area contributed by atoms with Crippen molar-refractivity contribution in [2.45, 2.75) is 39.8 Å². The molecular formula is C26H27N7O. The number of rotatable bonds is 5. The van der Waals surface area contributed by atoms with Crippen LogP contribution < -0.4 is 4.74 Å². The fraction of sp³-hybridized carbons (Fsp3) is 0.308. The molecule has 4 heterocycles. The normalized spacial score (nSPS) is 14.8. The van der Waals surface area contributed by atoms with Gasteiger partial charge in [-0.25, -0.2) is 9.97 Å². The fourth-order valence-corrected chi connectivity index (χ4v) is 4.63. The summed E-state index contributed by atoms with van der Waals surface area (Å²) in [5.74, 6) is 2.40. The third-order valence-corrected chi connectivity index (χ3v) is 6.44. The van der Waals surface area contributed by atoms with Crippen LogP contribution in [0, 0.1) is 13.8 Å². The lowest BCUT2D eigenvalue weighted by atomic mass is 10.1. The van der Waals surface area contributed by atoms with Crippen LogP contribution in [0.4, 0.5) is 0 Å². The average molecular weight is 454 g/mol. The lowest BCUT2D eigenvalue weighted by Gasteiger charge is -2.25. The number of hydrogen-bond acceptors (Lipinski definition) is 6. The number of aromatic amines is 1. The van der Waals surface area contributed by atoms with Gasteiger partial charge in [-0.3, -0.25) is 14.6 Å². The van der Waals surface area contributed by atoms with Crippen LogP contribution in [0.1, 0.15) is 30.7 Å². The van der Waals surface area contributed by atoms with E-state index in [1.165, 1.54) is 19.3 Å². The molecule has 0 radical (unpaired) electrons. The number of benzene rings is 2. The van der Waals surface area contributed by atoms with Gasteiger partial charge in [0.2, 0.25) is 0 Å². The van der Waals surface area contributed by atoms with Crippen molar-refractivity contribution in [1.29, 1.82) is 0 Å². The van der Waals surface area contributed by atoms with Crippen LogP contribution in [-0.2, 0) is 6.67 Å². The molecule has 1 saturated heterocycles. The Hall–Kier alpha value is -3.78. The van der Waals surface area contributed by atoms with Crippen molar-refractivity contribution in [3.05, 3.63) is 60.3 Å². The van der Waals surface area contributed by atoms with E-state index in [2.05, 4.69) is 31.1 Å². The molecule has 0 unspecified atom stereocenters. The standard InChI is InChI=1S/C26H27N7O/c1-17-25(34-20-6-7-21-23(12-20)30-18(2)29-21)9-8-22-26(17)31-24(14-27-22)19-13-28-33(15-19)16-32-10-4-3-5-11-32/h6-9,12-15H,3-5,10-11,16H2,1-2H3,(H,29,30). The van der Waals surface area contributed by atoms with Gasteiger partial charge in [0, 0.05) is 23.4 Å². The van der Waals surface area contributed by atoms with Crippen LogP contribution in [0.2, 0.25) is 0 Å². The van der Waals surface area contributed by atoms with Gasteiger partial charge in [-0.2, -0.15) is 5.10 Å². The second kappa shape index (κ2) is 8.53. The maximum absolute atomic E-state index is 6.23. The highest BCUT2D eigenvalue weighted by Gasteiger charge is 2.14. The minimum absolute atomic E-state index is 0.752. The van der Waals surface area contributed by atoms with Gasteiger partial charge in [0.1, 0.15) is 17.3 Å². The number of imidazole rings is 1. The second-order valence-electron chi connectivity index (χ2n) is 9.00. The van der Waals surface area contributed by atoms with E-state index in [0.717, 1.165) is 76.0 Å². The van der Waals surface area contributed by atoms with E-state index in [1.54, 1.807) is 0 Å². The Balaban J connectivity index is 1.28. The first-order valence-corrected chi connectivity index (χ1v) is 11.8. The Bertz CT molecular complexity index is 1480. The van der Waals surface area contributed by atoms with Crippen LogP contribution >= 0.6 is 0 Å². The molecule has 5 aromatic rings. The molecule has 172 valence electrons. The van der Waals surface area contributed by atoms with Gasteiger partial charge in [-0.15, -0.1) is 0 Å². The van der Waals surface area contributed by atoms with Crippen molar-refractivity contribution in [2.24, 2.45) is 0 Å². The summed E-state index contributed by atoms with van der Waals surface area (Å²) in [5.41, 5.74) is 6.29. The Morgan fingerprint density at radius 1 is 0.971 bits per heavy atom. The summed E-state index contributed by atoms with van der Waals surface area (Å²) in [6, 6.07) is 9.77. The number of likely N-dealkylation sites (tertiary alicyclic amines) is 1. The topological polar surface area (TPSA) is 84.8 Å². The van der Waals surface area contributed by atoms with E-state index >= 15 is 0 Å². The highest BCUT2D eigenvalue weighted by atomic mass is 16.5. The largest absolute Gasteiger partial charge is 0.457 e. The molecule has 1 fully saturated rings. The predicted molar refractivity (Wildman–Crippen MR) is 132 cm³/mol. The third-order valence-electron chi connectivity index (χ3n) is 6.44.